The largest absolute Gasteiger partial charge is 0.478 e. The standard InChI is InChI=1S/C12H18N2O5S/c1-8(15)5-6-14(2)11-4-3-9(20(13,18)19)7-10(11)12(16)17/h3-4,7-8,15H,5-6H2,1-2H3,(H,16,17)(H2,13,18,19). The van der Waals surface area contributed by atoms with Crippen molar-refractivity contribution in [3.63, 3.8) is 0 Å². The van der Waals surface area contributed by atoms with Crippen LogP contribution >= 0.6 is 0 Å². The second-order valence-electron chi connectivity index (χ2n) is 4.59. The topological polar surface area (TPSA) is 121 Å². The Labute approximate surface area is 117 Å². The van der Waals surface area contributed by atoms with Crippen molar-refractivity contribution < 1.29 is 23.4 Å². The van der Waals surface area contributed by atoms with Crippen molar-refractivity contribution in [1.29, 1.82) is 0 Å². The zero-order chi connectivity index (χ0) is 15.5. The number of benzene rings is 1. The second-order valence-corrected chi connectivity index (χ2v) is 6.15. The van der Waals surface area contributed by atoms with Crippen molar-refractivity contribution in [3.05, 3.63) is 23.8 Å². The molecule has 1 unspecified atom stereocenters. The summed E-state index contributed by atoms with van der Waals surface area (Å²) in [5, 5.41) is 23.4. The molecule has 0 aromatic heterocycles. The number of carboxylic acids is 1. The molecule has 0 fully saturated rings. The number of aliphatic hydroxyl groups excluding tert-OH is 1. The first kappa shape index (κ1) is 16.4. The van der Waals surface area contributed by atoms with Crippen molar-refractivity contribution >= 4 is 21.7 Å². The van der Waals surface area contributed by atoms with Crippen LogP contribution in [0.15, 0.2) is 23.1 Å². The Bertz CT molecular complexity index is 598. The third kappa shape index (κ3) is 4.19. The summed E-state index contributed by atoms with van der Waals surface area (Å²) in [6.07, 6.45) is -0.0404. The van der Waals surface area contributed by atoms with Crippen molar-refractivity contribution in [1.82, 2.24) is 0 Å². The minimum atomic E-state index is -3.95. The number of nitrogens with two attached hydrogens (primary N) is 1. The fourth-order valence-corrected chi connectivity index (χ4v) is 2.24. The smallest absolute Gasteiger partial charge is 0.337 e. The first-order valence-electron chi connectivity index (χ1n) is 5.92. The molecule has 0 bridgehead atoms. The van der Waals surface area contributed by atoms with Gasteiger partial charge in [-0.2, -0.15) is 0 Å². The van der Waals surface area contributed by atoms with E-state index >= 15 is 0 Å². The Morgan fingerprint density at radius 1 is 1.45 bits per heavy atom. The highest BCUT2D eigenvalue weighted by molar-refractivity contribution is 7.89. The molecule has 0 aliphatic carbocycles. The van der Waals surface area contributed by atoms with Gasteiger partial charge in [-0.3, -0.25) is 0 Å². The van der Waals surface area contributed by atoms with Crippen LogP contribution in [0.5, 0.6) is 0 Å². The minimum Gasteiger partial charge on any atom is -0.478 e. The van der Waals surface area contributed by atoms with Gasteiger partial charge in [0, 0.05) is 13.6 Å². The van der Waals surface area contributed by atoms with Crippen LogP contribution in [0.25, 0.3) is 0 Å². The summed E-state index contributed by atoms with van der Waals surface area (Å²) >= 11 is 0. The number of nitrogens with zero attached hydrogens (tertiary/aromatic N) is 1. The number of hydrogen-bond donors (Lipinski definition) is 3. The summed E-state index contributed by atoms with van der Waals surface area (Å²) in [5.41, 5.74) is 0.218. The van der Waals surface area contributed by atoms with Crippen LogP contribution in [0.2, 0.25) is 0 Å². The molecular formula is C12H18N2O5S. The fourth-order valence-electron chi connectivity index (χ4n) is 1.70. The Balaban J connectivity index is 3.17. The number of carbonyl (C=O) groups is 1. The third-order valence-electron chi connectivity index (χ3n) is 2.82. The molecule has 0 amide bonds. The highest BCUT2D eigenvalue weighted by Gasteiger charge is 2.18. The Hall–Kier alpha value is -1.64. The summed E-state index contributed by atoms with van der Waals surface area (Å²) in [5.74, 6) is -1.24. The van der Waals surface area contributed by atoms with E-state index in [0.717, 1.165) is 6.07 Å². The zero-order valence-electron chi connectivity index (χ0n) is 11.3. The van der Waals surface area contributed by atoms with Crippen molar-refractivity contribution in [2.75, 3.05) is 18.5 Å². The average Bonchev–Trinajstić information content (AvgIpc) is 2.33. The fraction of sp³-hybridized carbons (Fsp3) is 0.417. The number of aromatic carboxylic acids is 1. The molecule has 0 spiro atoms. The molecule has 1 atom stereocenters. The van der Waals surface area contributed by atoms with E-state index in [0.29, 0.717) is 18.7 Å². The molecule has 0 aliphatic rings. The van der Waals surface area contributed by atoms with E-state index in [4.69, 9.17) is 5.14 Å². The van der Waals surface area contributed by atoms with Crippen LogP contribution < -0.4 is 10.0 Å². The quantitative estimate of drug-likeness (QED) is 0.692. The van der Waals surface area contributed by atoms with Gasteiger partial charge in [0.05, 0.1) is 22.3 Å². The monoisotopic (exact) mass is 302 g/mol. The summed E-state index contributed by atoms with van der Waals surface area (Å²) in [6.45, 7) is 2.07. The molecule has 1 rings (SSSR count). The van der Waals surface area contributed by atoms with E-state index in [1.54, 1.807) is 18.9 Å². The molecule has 1 aromatic carbocycles. The second kappa shape index (κ2) is 6.21. The summed E-state index contributed by atoms with van der Waals surface area (Å²) in [4.78, 5) is 12.6. The maximum absolute atomic E-state index is 11.2. The Morgan fingerprint density at radius 2 is 2.05 bits per heavy atom. The van der Waals surface area contributed by atoms with Gasteiger partial charge >= 0.3 is 5.97 Å². The number of hydrogen-bond acceptors (Lipinski definition) is 5. The number of rotatable bonds is 6. The van der Waals surface area contributed by atoms with Gasteiger partial charge in [0.2, 0.25) is 10.0 Å². The highest BCUT2D eigenvalue weighted by atomic mass is 32.2. The molecule has 0 radical (unpaired) electrons. The molecule has 8 heteroatoms. The molecule has 0 saturated heterocycles. The number of primary sulfonamides is 1. The summed E-state index contributed by atoms with van der Waals surface area (Å²) < 4.78 is 22.5. The first-order chi connectivity index (χ1) is 9.12. The SMILES string of the molecule is CC(O)CCN(C)c1ccc(S(N)(=O)=O)cc1C(=O)O. The van der Waals surface area contributed by atoms with Gasteiger partial charge in [0.1, 0.15) is 0 Å². The zero-order valence-corrected chi connectivity index (χ0v) is 12.1. The molecule has 1 aromatic rings. The van der Waals surface area contributed by atoms with Crippen LogP contribution in [0, 0.1) is 0 Å². The van der Waals surface area contributed by atoms with Gasteiger partial charge in [-0.05, 0) is 31.5 Å². The molecule has 20 heavy (non-hydrogen) atoms. The van der Waals surface area contributed by atoms with Crippen LogP contribution in [-0.2, 0) is 10.0 Å². The van der Waals surface area contributed by atoms with E-state index in [9.17, 15) is 23.4 Å². The van der Waals surface area contributed by atoms with Crippen LogP contribution in [0.3, 0.4) is 0 Å². The number of aliphatic hydroxyl groups is 1. The lowest BCUT2D eigenvalue weighted by molar-refractivity contribution is 0.0697. The van der Waals surface area contributed by atoms with E-state index in [-0.39, 0.29) is 10.5 Å². The van der Waals surface area contributed by atoms with Gasteiger partial charge < -0.3 is 15.1 Å². The van der Waals surface area contributed by atoms with Crippen molar-refractivity contribution in [3.8, 4) is 0 Å². The van der Waals surface area contributed by atoms with Gasteiger partial charge in [0.25, 0.3) is 0 Å². The first-order valence-corrected chi connectivity index (χ1v) is 7.47. The van der Waals surface area contributed by atoms with Gasteiger partial charge in [-0.1, -0.05) is 0 Å². The van der Waals surface area contributed by atoms with Gasteiger partial charge in [-0.25, -0.2) is 18.4 Å². The number of anilines is 1. The third-order valence-corrected chi connectivity index (χ3v) is 3.73. The van der Waals surface area contributed by atoms with Crippen molar-refractivity contribution in [2.24, 2.45) is 5.14 Å². The van der Waals surface area contributed by atoms with Crippen molar-refractivity contribution in [2.45, 2.75) is 24.3 Å². The maximum Gasteiger partial charge on any atom is 0.337 e. The van der Waals surface area contributed by atoms with E-state index < -0.39 is 22.1 Å². The molecule has 7 nitrogen and oxygen atoms in total. The lowest BCUT2D eigenvalue weighted by atomic mass is 10.1. The molecular weight excluding hydrogens is 284 g/mol. The molecule has 112 valence electrons. The number of sulfonamides is 1. The normalized spacial score (nSPS) is 13.0. The minimum absolute atomic E-state index is 0.149. The average molecular weight is 302 g/mol. The Kier molecular flexibility index (Phi) is 5.09. The highest BCUT2D eigenvalue weighted by Crippen LogP contribution is 2.23. The van der Waals surface area contributed by atoms with E-state index in [1.807, 2.05) is 0 Å². The van der Waals surface area contributed by atoms with E-state index in [2.05, 4.69) is 0 Å². The van der Waals surface area contributed by atoms with Gasteiger partial charge in [0.15, 0.2) is 0 Å². The van der Waals surface area contributed by atoms with Crippen LogP contribution in [0.4, 0.5) is 5.69 Å². The van der Waals surface area contributed by atoms with Gasteiger partial charge in [-0.15, -0.1) is 0 Å². The summed E-state index contributed by atoms with van der Waals surface area (Å²) in [6, 6.07) is 3.69. The predicted octanol–water partition coefficient (Wildman–Crippen LogP) is 0.239. The molecule has 0 saturated carbocycles. The lowest BCUT2D eigenvalue weighted by Gasteiger charge is -2.22. The van der Waals surface area contributed by atoms with E-state index in [1.165, 1.54) is 12.1 Å². The lowest BCUT2D eigenvalue weighted by Crippen LogP contribution is -2.24. The maximum atomic E-state index is 11.2. The van der Waals surface area contributed by atoms with Crippen LogP contribution in [0.1, 0.15) is 23.7 Å². The predicted molar refractivity (Wildman–Crippen MR) is 74.3 cm³/mol. The number of carboxylic acid groups (broad SMARTS) is 1. The summed E-state index contributed by atoms with van der Waals surface area (Å²) in [7, 11) is -2.28. The van der Waals surface area contributed by atoms with Crippen LogP contribution in [-0.4, -0.2) is 44.3 Å². The molecule has 4 N–H and O–H groups in total. The molecule has 0 aliphatic heterocycles. The Morgan fingerprint density at radius 3 is 2.50 bits per heavy atom. The molecule has 0 heterocycles.